The van der Waals surface area contributed by atoms with Gasteiger partial charge in [0.25, 0.3) is 0 Å². The minimum absolute atomic E-state index is 0.0509. The van der Waals surface area contributed by atoms with Crippen molar-refractivity contribution >= 4 is 37.6 Å². The van der Waals surface area contributed by atoms with Crippen molar-refractivity contribution in [3.05, 3.63) is 64.1 Å². The normalized spacial score (nSPS) is 11.2. The van der Waals surface area contributed by atoms with Crippen LogP contribution in [0.15, 0.2) is 53.0 Å². The van der Waals surface area contributed by atoms with Crippen molar-refractivity contribution in [2.75, 3.05) is 10.6 Å². The maximum absolute atomic E-state index is 12.1. The molecule has 116 valence electrons. The molecule has 0 fully saturated rings. The van der Waals surface area contributed by atoms with Crippen LogP contribution in [-0.4, -0.2) is 25.7 Å². The monoisotopic (exact) mass is 383 g/mol. The van der Waals surface area contributed by atoms with Crippen LogP contribution < -0.4 is 4.31 Å². The summed E-state index contributed by atoms with van der Waals surface area (Å²) < 4.78 is 26.2. The molecule has 0 amide bonds. The fourth-order valence-corrected chi connectivity index (χ4v) is 3.17. The van der Waals surface area contributed by atoms with Gasteiger partial charge < -0.3 is 5.11 Å². The average molecular weight is 384 g/mol. The lowest BCUT2D eigenvalue weighted by atomic mass is 10.1. The van der Waals surface area contributed by atoms with E-state index in [4.69, 9.17) is 0 Å². The van der Waals surface area contributed by atoms with Crippen LogP contribution in [0.4, 0.5) is 5.69 Å². The molecule has 0 saturated heterocycles. The lowest BCUT2D eigenvalue weighted by Crippen LogP contribution is -2.30. The number of carbonyl (C=O) groups is 1. The Morgan fingerprint density at radius 1 is 1.14 bits per heavy atom. The molecule has 0 aliphatic carbocycles. The molecule has 0 aliphatic heterocycles. The van der Waals surface area contributed by atoms with E-state index in [1.54, 1.807) is 36.4 Å². The molecular formula is C15H14BrNO4S. The standard InChI is InChI=1S/C15H14BrNO4S/c1-22(20,21)17(10-11-6-8-12(16)9-7-11)14-5-3-2-4-13(14)15(18)19/h2-9H,10H2,1H3,(H,18,19). The van der Waals surface area contributed by atoms with Crippen LogP contribution in [-0.2, 0) is 16.6 Å². The van der Waals surface area contributed by atoms with Gasteiger partial charge in [-0.3, -0.25) is 4.31 Å². The third kappa shape index (κ3) is 3.86. The summed E-state index contributed by atoms with van der Waals surface area (Å²) in [5, 5.41) is 9.26. The minimum atomic E-state index is -3.62. The van der Waals surface area contributed by atoms with Gasteiger partial charge in [0.1, 0.15) is 0 Å². The highest BCUT2D eigenvalue weighted by molar-refractivity contribution is 9.10. The minimum Gasteiger partial charge on any atom is -0.478 e. The number of para-hydroxylation sites is 1. The van der Waals surface area contributed by atoms with E-state index >= 15 is 0 Å². The van der Waals surface area contributed by atoms with Crippen LogP contribution in [0.1, 0.15) is 15.9 Å². The maximum Gasteiger partial charge on any atom is 0.337 e. The Hall–Kier alpha value is -1.86. The molecule has 0 radical (unpaired) electrons. The van der Waals surface area contributed by atoms with Crippen molar-refractivity contribution in [1.29, 1.82) is 0 Å². The van der Waals surface area contributed by atoms with Crippen LogP contribution in [0.25, 0.3) is 0 Å². The van der Waals surface area contributed by atoms with E-state index in [0.717, 1.165) is 20.6 Å². The number of carboxylic acids is 1. The molecular weight excluding hydrogens is 370 g/mol. The van der Waals surface area contributed by atoms with Crippen molar-refractivity contribution in [3.8, 4) is 0 Å². The van der Waals surface area contributed by atoms with Crippen molar-refractivity contribution in [2.45, 2.75) is 6.54 Å². The summed E-state index contributed by atoms with van der Waals surface area (Å²) in [6, 6.07) is 13.2. The molecule has 0 atom stereocenters. The first kappa shape index (κ1) is 16.5. The van der Waals surface area contributed by atoms with Gasteiger partial charge >= 0.3 is 5.97 Å². The third-order valence-corrected chi connectivity index (χ3v) is 4.70. The first-order valence-electron chi connectivity index (χ1n) is 6.33. The van der Waals surface area contributed by atoms with Gasteiger partial charge in [0, 0.05) is 4.47 Å². The number of anilines is 1. The van der Waals surface area contributed by atoms with Crippen LogP contribution in [0.3, 0.4) is 0 Å². The maximum atomic E-state index is 12.1. The molecule has 7 heteroatoms. The van der Waals surface area contributed by atoms with Gasteiger partial charge in [-0.25, -0.2) is 13.2 Å². The van der Waals surface area contributed by atoms with E-state index in [0.29, 0.717) is 0 Å². The molecule has 0 bridgehead atoms. The van der Waals surface area contributed by atoms with Gasteiger partial charge in [-0.05, 0) is 29.8 Å². The molecule has 2 rings (SSSR count). The van der Waals surface area contributed by atoms with Crippen LogP contribution in [0.5, 0.6) is 0 Å². The van der Waals surface area contributed by atoms with Crippen molar-refractivity contribution in [1.82, 2.24) is 0 Å². The van der Waals surface area contributed by atoms with E-state index in [2.05, 4.69) is 15.9 Å². The molecule has 0 aliphatic rings. The van der Waals surface area contributed by atoms with Gasteiger partial charge in [0.2, 0.25) is 10.0 Å². The number of carboxylic acid groups (broad SMARTS) is 1. The van der Waals surface area contributed by atoms with Gasteiger partial charge in [0.05, 0.1) is 24.1 Å². The van der Waals surface area contributed by atoms with Crippen LogP contribution in [0, 0.1) is 0 Å². The summed E-state index contributed by atoms with van der Waals surface area (Å²) in [4.78, 5) is 11.3. The largest absolute Gasteiger partial charge is 0.478 e. The first-order chi connectivity index (χ1) is 10.3. The highest BCUT2D eigenvalue weighted by Gasteiger charge is 2.23. The number of rotatable bonds is 5. The van der Waals surface area contributed by atoms with Gasteiger partial charge in [-0.15, -0.1) is 0 Å². The Morgan fingerprint density at radius 2 is 1.73 bits per heavy atom. The summed E-state index contributed by atoms with van der Waals surface area (Å²) >= 11 is 3.32. The molecule has 2 aromatic rings. The molecule has 0 saturated carbocycles. The van der Waals surface area contributed by atoms with Gasteiger partial charge in [-0.2, -0.15) is 0 Å². The summed E-state index contributed by atoms with van der Waals surface area (Å²) in [6.07, 6.45) is 1.06. The Balaban J connectivity index is 2.48. The molecule has 5 nitrogen and oxygen atoms in total. The van der Waals surface area contributed by atoms with Crippen LogP contribution >= 0.6 is 15.9 Å². The number of aromatic carboxylic acids is 1. The third-order valence-electron chi connectivity index (χ3n) is 3.04. The summed E-state index contributed by atoms with van der Waals surface area (Å²) in [5.74, 6) is -1.17. The van der Waals surface area contributed by atoms with Crippen molar-refractivity contribution in [3.63, 3.8) is 0 Å². The summed E-state index contributed by atoms with van der Waals surface area (Å²) in [6.45, 7) is 0.0659. The molecule has 22 heavy (non-hydrogen) atoms. The zero-order valence-corrected chi connectivity index (χ0v) is 14.1. The number of halogens is 1. The molecule has 1 N–H and O–H groups in total. The van der Waals surface area contributed by atoms with Crippen LogP contribution in [0.2, 0.25) is 0 Å². The van der Waals surface area contributed by atoms with Gasteiger partial charge in [-0.1, -0.05) is 40.2 Å². The van der Waals surface area contributed by atoms with E-state index in [-0.39, 0.29) is 17.8 Å². The Morgan fingerprint density at radius 3 is 2.27 bits per heavy atom. The fraction of sp³-hybridized carbons (Fsp3) is 0.133. The zero-order valence-electron chi connectivity index (χ0n) is 11.7. The number of sulfonamides is 1. The second kappa shape index (κ2) is 6.50. The molecule has 2 aromatic carbocycles. The molecule has 0 unspecified atom stereocenters. The quantitative estimate of drug-likeness (QED) is 0.860. The highest BCUT2D eigenvalue weighted by atomic mass is 79.9. The van der Waals surface area contributed by atoms with Crippen molar-refractivity contribution in [2.24, 2.45) is 0 Å². The predicted molar refractivity (Wildman–Crippen MR) is 88.6 cm³/mol. The Labute approximate surface area is 137 Å². The predicted octanol–water partition coefficient (Wildman–Crippen LogP) is 3.11. The van der Waals surface area contributed by atoms with Gasteiger partial charge in [0.15, 0.2) is 0 Å². The second-order valence-corrected chi connectivity index (χ2v) is 7.54. The lowest BCUT2D eigenvalue weighted by molar-refractivity contribution is 0.0697. The average Bonchev–Trinajstić information content (AvgIpc) is 2.45. The number of benzene rings is 2. The van der Waals surface area contributed by atoms with E-state index in [1.165, 1.54) is 12.1 Å². The van der Waals surface area contributed by atoms with E-state index < -0.39 is 16.0 Å². The number of hydrogen-bond acceptors (Lipinski definition) is 3. The lowest BCUT2D eigenvalue weighted by Gasteiger charge is -2.24. The first-order valence-corrected chi connectivity index (χ1v) is 8.97. The van der Waals surface area contributed by atoms with E-state index in [9.17, 15) is 18.3 Å². The topological polar surface area (TPSA) is 74.7 Å². The molecule has 0 heterocycles. The second-order valence-electron chi connectivity index (χ2n) is 4.72. The highest BCUT2D eigenvalue weighted by Crippen LogP contribution is 2.25. The fourth-order valence-electron chi connectivity index (χ4n) is 2.01. The van der Waals surface area contributed by atoms with Crippen molar-refractivity contribution < 1.29 is 18.3 Å². The SMILES string of the molecule is CS(=O)(=O)N(Cc1ccc(Br)cc1)c1ccccc1C(=O)O. The summed E-state index contributed by atoms with van der Waals surface area (Å²) in [5.41, 5.74) is 0.860. The van der Waals surface area contributed by atoms with E-state index in [1.807, 2.05) is 0 Å². The molecule has 0 aromatic heterocycles. The number of nitrogens with zero attached hydrogens (tertiary/aromatic N) is 1. The molecule has 0 spiro atoms. The zero-order chi connectivity index (χ0) is 16.3. The summed E-state index contributed by atoms with van der Waals surface area (Å²) in [7, 11) is -3.62. The Kier molecular flexibility index (Phi) is 4.87. The number of hydrogen-bond donors (Lipinski definition) is 1. The smallest absolute Gasteiger partial charge is 0.337 e. The Bertz CT molecular complexity index is 787.